The minimum atomic E-state index is 0.292. The first-order chi connectivity index (χ1) is 9.63. The summed E-state index contributed by atoms with van der Waals surface area (Å²) in [6.07, 6.45) is 0. The van der Waals surface area contributed by atoms with E-state index in [1.165, 1.54) is 17.1 Å². The number of nitrogens with zero attached hydrogens (tertiary/aromatic N) is 3. The molecule has 3 rings (SSSR count). The Bertz CT molecular complexity index is 708. The van der Waals surface area contributed by atoms with Crippen molar-refractivity contribution in [3.63, 3.8) is 0 Å². The molecule has 2 heterocycles. The number of hydrogen-bond acceptors (Lipinski definition) is 6. The molecule has 0 aliphatic heterocycles. The first-order valence-electron chi connectivity index (χ1n) is 6.10. The Balaban J connectivity index is 1.95. The van der Waals surface area contributed by atoms with E-state index < -0.39 is 0 Å². The number of nitrogens with two attached hydrogens (primary N) is 1. The van der Waals surface area contributed by atoms with Crippen molar-refractivity contribution in [2.24, 2.45) is 0 Å². The van der Waals surface area contributed by atoms with Gasteiger partial charge in [0.1, 0.15) is 0 Å². The van der Waals surface area contributed by atoms with E-state index in [0.717, 1.165) is 22.5 Å². The normalized spacial score (nSPS) is 10.7. The molecule has 0 bridgehead atoms. The maximum Gasteiger partial charge on any atom is 0.248 e. The second kappa shape index (κ2) is 4.93. The lowest BCUT2D eigenvalue weighted by atomic mass is 9.99. The van der Waals surface area contributed by atoms with Crippen LogP contribution in [0, 0.1) is 13.8 Å². The third kappa shape index (κ3) is 2.35. The lowest BCUT2D eigenvalue weighted by Gasteiger charge is -2.11. The Morgan fingerprint density at radius 2 is 2.00 bits per heavy atom. The summed E-state index contributed by atoms with van der Waals surface area (Å²) in [5, 5.41) is 11.7. The molecule has 6 nitrogen and oxygen atoms in total. The molecular formula is C13H14N6S. The molecule has 1 aromatic carbocycles. The summed E-state index contributed by atoms with van der Waals surface area (Å²) in [6.45, 7) is 4.14. The predicted octanol–water partition coefficient (Wildman–Crippen LogP) is 2.87. The van der Waals surface area contributed by atoms with E-state index in [2.05, 4.69) is 38.7 Å². The molecule has 0 unspecified atom stereocenters. The highest BCUT2D eigenvalue weighted by molar-refractivity contribution is 7.03. The van der Waals surface area contributed by atoms with Crippen LogP contribution < -0.4 is 11.1 Å². The molecule has 0 saturated carbocycles. The highest BCUT2D eigenvalue weighted by Gasteiger charge is 2.10. The number of hydrogen-bond donors (Lipinski definition) is 3. The monoisotopic (exact) mass is 286 g/mol. The number of nitrogens with one attached hydrogen (secondary N) is 2. The summed E-state index contributed by atoms with van der Waals surface area (Å²) < 4.78 is 4.40. The van der Waals surface area contributed by atoms with Gasteiger partial charge in [-0.2, -0.15) is 9.36 Å². The van der Waals surface area contributed by atoms with Gasteiger partial charge in [0.2, 0.25) is 11.9 Å². The molecule has 0 spiro atoms. The van der Waals surface area contributed by atoms with Gasteiger partial charge in [0.15, 0.2) is 0 Å². The number of nitrogen functional groups attached to an aromatic ring is 1. The quantitative estimate of drug-likeness (QED) is 0.688. The molecule has 0 atom stereocenters. The van der Waals surface area contributed by atoms with Crippen LogP contribution >= 0.6 is 11.5 Å². The molecule has 4 N–H and O–H groups in total. The van der Waals surface area contributed by atoms with Gasteiger partial charge in [-0.3, -0.25) is 0 Å². The van der Waals surface area contributed by atoms with Crippen LogP contribution in [0.5, 0.6) is 0 Å². The smallest absolute Gasteiger partial charge is 0.248 e. The zero-order valence-electron chi connectivity index (χ0n) is 11.1. The lowest BCUT2D eigenvalue weighted by Crippen LogP contribution is -1.96. The Morgan fingerprint density at radius 3 is 2.55 bits per heavy atom. The van der Waals surface area contributed by atoms with Crippen LogP contribution in [0.1, 0.15) is 11.1 Å². The molecule has 3 aromatic rings. The average Bonchev–Trinajstić information content (AvgIpc) is 3.01. The fourth-order valence-corrected chi connectivity index (χ4v) is 2.76. The standard InChI is InChI=1S/C13H14N6S/c1-7-5-9(15-13-16-12(14)17-18-13)6-8(2)11(7)10-3-4-20-19-10/h3-6H,1-2H3,(H4,14,15,16,17,18). The summed E-state index contributed by atoms with van der Waals surface area (Å²) >= 11 is 1.46. The molecule has 102 valence electrons. The number of rotatable bonds is 3. The topological polar surface area (TPSA) is 92.5 Å². The lowest BCUT2D eigenvalue weighted by molar-refractivity contribution is 1.10. The highest BCUT2D eigenvalue weighted by atomic mass is 32.1. The van der Waals surface area contributed by atoms with E-state index in [4.69, 9.17) is 5.73 Å². The Morgan fingerprint density at radius 1 is 1.25 bits per heavy atom. The average molecular weight is 286 g/mol. The summed E-state index contributed by atoms with van der Waals surface area (Å²) in [4.78, 5) is 4.03. The third-order valence-corrected chi connectivity index (χ3v) is 3.55. The van der Waals surface area contributed by atoms with Crippen LogP contribution in [0.25, 0.3) is 11.3 Å². The molecule has 0 amide bonds. The number of aryl methyl sites for hydroxylation is 2. The SMILES string of the molecule is Cc1cc(Nc2n[nH]c(N)n2)cc(C)c1-c1ccsn1. The summed E-state index contributed by atoms with van der Waals surface area (Å²) in [5.41, 5.74) is 10.9. The number of aromatic amines is 1. The van der Waals surface area contributed by atoms with Crippen LogP contribution in [0.4, 0.5) is 17.6 Å². The van der Waals surface area contributed by atoms with Crippen LogP contribution in [0.2, 0.25) is 0 Å². The van der Waals surface area contributed by atoms with Gasteiger partial charge in [-0.1, -0.05) is 0 Å². The minimum absolute atomic E-state index is 0.292. The Hall–Kier alpha value is -2.41. The van der Waals surface area contributed by atoms with Crippen LogP contribution in [0.3, 0.4) is 0 Å². The van der Waals surface area contributed by atoms with Crippen LogP contribution in [-0.4, -0.2) is 19.6 Å². The van der Waals surface area contributed by atoms with Crippen molar-refractivity contribution >= 4 is 29.1 Å². The van der Waals surface area contributed by atoms with Crippen molar-refractivity contribution in [3.8, 4) is 11.3 Å². The fourth-order valence-electron chi connectivity index (χ4n) is 2.24. The largest absolute Gasteiger partial charge is 0.368 e. The van der Waals surface area contributed by atoms with E-state index >= 15 is 0 Å². The van der Waals surface area contributed by atoms with Crippen molar-refractivity contribution in [1.82, 2.24) is 19.6 Å². The van der Waals surface area contributed by atoms with E-state index in [-0.39, 0.29) is 0 Å². The van der Waals surface area contributed by atoms with Crippen LogP contribution in [0.15, 0.2) is 23.6 Å². The van der Waals surface area contributed by atoms with Gasteiger partial charge in [-0.05, 0) is 54.7 Å². The van der Waals surface area contributed by atoms with E-state index in [1.54, 1.807) is 0 Å². The molecule has 0 radical (unpaired) electrons. The van der Waals surface area contributed by atoms with Gasteiger partial charge in [-0.15, -0.1) is 5.10 Å². The first kappa shape index (κ1) is 12.6. The van der Waals surface area contributed by atoms with Crippen molar-refractivity contribution in [3.05, 3.63) is 34.7 Å². The van der Waals surface area contributed by atoms with Gasteiger partial charge < -0.3 is 11.1 Å². The van der Waals surface area contributed by atoms with Crippen molar-refractivity contribution < 1.29 is 0 Å². The number of H-pyrrole nitrogens is 1. The van der Waals surface area contributed by atoms with E-state index in [1.807, 2.05) is 23.6 Å². The molecule has 7 heteroatoms. The van der Waals surface area contributed by atoms with Gasteiger partial charge in [-0.25, -0.2) is 5.10 Å². The zero-order chi connectivity index (χ0) is 14.1. The molecular weight excluding hydrogens is 272 g/mol. The molecule has 0 aliphatic rings. The second-order valence-corrected chi connectivity index (χ2v) is 5.20. The van der Waals surface area contributed by atoms with Crippen LogP contribution in [-0.2, 0) is 0 Å². The van der Waals surface area contributed by atoms with Gasteiger partial charge in [0.05, 0.1) is 5.69 Å². The fraction of sp³-hybridized carbons (Fsp3) is 0.154. The molecule has 0 fully saturated rings. The number of benzene rings is 1. The predicted molar refractivity (Wildman–Crippen MR) is 81.1 cm³/mol. The summed E-state index contributed by atoms with van der Waals surface area (Å²) in [5.74, 6) is 0.753. The Kier molecular flexibility index (Phi) is 3.11. The second-order valence-electron chi connectivity index (χ2n) is 4.54. The maximum atomic E-state index is 5.50. The van der Waals surface area contributed by atoms with Crippen molar-refractivity contribution in [1.29, 1.82) is 0 Å². The highest BCUT2D eigenvalue weighted by Crippen LogP contribution is 2.30. The first-order valence-corrected chi connectivity index (χ1v) is 6.94. The zero-order valence-corrected chi connectivity index (χ0v) is 12.0. The third-order valence-electron chi connectivity index (χ3n) is 2.99. The van der Waals surface area contributed by atoms with E-state index in [0.29, 0.717) is 11.9 Å². The number of aromatic nitrogens is 4. The summed E-state index contributed by atoms with van der Waals surface area (Å²) in [7, 11) is 0. The maximum absolute atomic E-state index is 5.50. The molecule has 2 aromatic heterocycles. The number of anilines is 3. The molecule has 20 heavy (non-hydrogen) atoms. The van der Waals surface area contributed by atoms with E-state index in [9.17, 15) is 0 Å². The van der Waals surface area contributed by atoms with Gasteiger partial charge in [0, 0.05) is 16.6 Å². The van der Waals surface area contributed by atoms with Crippen molar-refractivity contribution in [2.75, 3.05) is 11.1 Å². The van der Waals surface area contributed by atoms with Gasteiger partial charge >= 0.3 is 0 Å². The van der Waals surface area contributed by atoms with Gasteiger partial charge in [0.25, 0.3) is 0 Å². The van der Waals surface area contributed by atoms with Crippen molar-refractivity contribution in [2.45, 2.75) is 13.8 Å². The molecule has 0 aliphatic carbocycles. The summed E-state index contributed by atoms with van der Waals surface area (Å²) in [6, 6.07) is 6.13. The minimum Gasteiger partial charge on any atom is -0.368 e. The molecule has 0 saturated heterocycles. The Labute approximate surface area is 120 Å².